The van der Waals surface area contributed by atoms with Crippen LogP contribution in [-0.4, -0.2) is 11.5 Å². The number of hydrogen-bond donors (Lipinski definition) is 1. The molecule has 0 aliphatic carbocycles. The molecule has 0 N–H and O–H groups in total. The molecule has 0 atom stereocenters. The van der Waals surface area contributed by atoms with Crippen LogP contribution >= 0.6 is 12.6 Å². The van der Waals surface area contributed by atoms with E-state index in [2.05, 4.69) is 12.6 Å². The normalized spacial score (nSPS) is 10.8. The van der Waals surface area contributed by atoms with Crippen LogP contribution in [0.4, 0.5) is 4.39 Å². The molecule has 0 bridgehead atoms. The lowest BCUT2D eigenvalue weighted by atomic mass is 10.1. The van der Waals surface area contributed by atoms with Crippen molar-refractivity contribution in [3.63, 3.8) is 0 Å². The molecule has 1 aromatic rings. The highest BCUT2D eigenvalue weighted by molar-refractivity contribution is 7.80. The van der Waals surface area contributed by atoms with Crippen molar-refractivity contribution in [2.45, 2.75) is 6.92 Å². The van der Waals surface area contributed by atoms with E-state index in [0.717, 1.165) is 0 Å². The Morgan fingerprint density at radius 1 is 1.57 bits per heavy atom. The highest BCUT2D eigenvalue weighted by Crippen LogP contribution is 2.14. The second-order valence-electron chi connectivity index (χ2n) is 2.85. The molecular formula is C11H11FOS. The van der Waals surface area contributed by atoms with Crippen molar-refractivity contribution in [1.29, 1.82) is 0 Å². The van der Waals surface area contributed by atoms with E-state index < -0.39 is 5.82 Å². The lowest BCUT2D eigenvalue weighted by Crippen LogP contribution is -1.98. The average Bonchev–Trinajstić information content (AvgIpc) is 2.16. The zero-order valence-corrected chi connectivity index (χ0v) is 8.72. The van der Waals surface area contributed by atoms with Crippen LogP contribution in [0, 0.1) is 5.82 Å². The van der Waals surface area contributed by atoms with E-state index in [9.17, 15) is 9.18 Å². The summed E-state index contributed by atoms with van der Waals surface area (Å²) in [5, 5.41) is 0. The van der Waals surface area contributed by atoms with Gasteiger partial charge >= 0.3 is 0 Å². The van der Waals surface area contributed by atoms with Crippen LogP contribution in [0.15, 0.2) is 24.3 Å². The summed E-state index contributed by atoms with van der Waals surface area (Å²) in [6.45, 7) is 1.35. The molecule has 1 aromatic carbocycles. The lowest BCUT2D eigenvalue weighted by molar-refractivity contribution is 0.101. The summed E-state index contributed by atoms with van der Waals surface area (Å²) < 4.78 is 13.5. The molecule has 0 heterocycles. The molecule has 1 rings (SSSR count). The Balaban J connectivity index is 3.14. The molecule has 0 spiro atoms. The first kappa shape index (κ1) is 11.0. The third-order valence-corrected chi connectivity index (χ3v) is 2.02. The van der Waals surface area contributed by atoms with Crippen LogP contribution in [0.3, 0.4) is 0 Å². The van der Waals surface area contributed by atoms with Crippen molar-refractivity contribution in [2.75, 3.05) is 5.75 Å². The first-order valence-electron chi connectivity index (χ1n) is 4.23. The third-order valence-electron chi connectivity index (χ3n) is 1.81. The smallest absolute Gasteiger partial charge is 0.162 e. The van der Waals surface area contributed by atoms with Gasteiger partial charge in [-0.25, -0.2) is 4.39 Å². The molecule has 1 nitrogen and oxygen atoms in total. The first-order valence-corrected chi connectivity index (χ1v) is 4.87. The zero-order valence-electron chi connectivity index (χ0n) is 7.83. The van der Waals surface area contributed by atoms with E-state index in [1.165, 1.54) is 13.0 Å². The number of ketones is 1. The van der Waals surface area contributed by atoms with E-state index in [-0.39, 0.29) is 11.3 Å². The Hall–Kier alpha value is -1.09. The molecule has 0 aliphatic heterocycles. The van der Waals surface area contributed by atoms with Gasteiger partial charge in [-0.05, 0) is 13.0 Å². The number of halogens is 1. The van der Waals surface area contributed by atoms with Gasteiger partial charge in [0.15, 0.2) is 5.78 Å². The molecule has 0 fully saturated rings. The van der Waals surface area contributed by atoms with Gasteiger partial charge in [-0.3, -0.25) is 4.79 Å². The van der Waals surface area contributed by atoms with E-state index >= 15 is 0 Å². The van der Waals surface area contributed by atoms with Gasteiger partial charge in [0.25, 0.3) is 0 Å². The Bertz CT molecular complexity index is 372. The van der Waals surface area contributed by atoms with E-state index in [1.807, 2.05) is 0 Å². The first-order chi connectivity index (χ1) is 6.66. The monoisotopic (exact) mass is 210 g/mol. The van der Waals surface area contributed by atoms with Gasteiger partial charge in [-0.2, -0.15) is 12.6 Å². The predicted octanol–water partition coefficient (Wildman–Crippen LogP) is 2.97. The van der Waals surface area contributed by atoms with Crippen molar-refractivity contribution in [3.8, 4) is 0 Å². The quantitative estimate of drug-likeness (QED) is 0.599. The van der Waals surface area contributed by atoms with Crippen molar-refractivity contribution in [1.82, 2.24) is 0 Å². The molecular weight excluding hydrogens is 199 g/mol. The molecule has 0 saturated heterocycles. The number of thiol groups is 1. The summed E-state index contributed by atoms with van der Waals surface area (Å²) in [6, 6.07) is 4.77. The average molecular weight is 210 g/mol. The minimum Gasteiger partial charge on any atom is -0.294 e. The second kappa shape index (κ2) is 4.96. The Kier molecular flexibility index (Phi) is 3.89. The van der Waals surface area contributed by atoms with Crippen molar-refractivity contribution < 1.29 is 9.18 Å². The molecule has 0 amide bonds. The Morgan fingerprint density at radius 3 is 2.86 bits per heavy atom. The van der Waals surface area contributed by atoms with E-state index in [4.69, 9.17) is 0 Å². The summed E-state index contributed by atoms with van der Waals surface area (Å²) in [7, 11) is 0. The fourth-order valence-corrected chi connectivity index (χ4v) is 1.24. The fraction of sp³-hybridized carbons (Fsp3) is 0.182. The maximum Gasteiger partial charge on any atom is 0.162 e. The Labute approximate surface area is 88.0 Å². The van der Waals surface area contributed by atoms with Crippen LogP contribution in [-0.2, 0) is 0 Å². The predicted molar refractivity (Wildman–Crippen MR) is 59.3 cm³/mol. The van der Waals surface area contributed by atoms with Gasteiger partial charge in [0.1, 0.15) is 5.82 Å². The Morgan fingerprint density at radius 2 is 2.29 bits per heavy atom. The minimum atomic E-state index is -0.460. The van der Waals surface area contributed by atoms with Crippen LogP contribution < -0.4 is 0 Å². The van der Waals surface area contributed by atoms with Gasteiger partial charge in [-0.1, -0.05) is 24.3 Å². The number of rotatable bonds is 3. The second-order valence-corrected chi connectivity index (χ2v) is 3.22. The SMILES string of the molecule is CC(=O)c1cccc(C=CCS)c1F. The highest BCUT2D eigenvalue weighted by atomic mass is 32.1. The number of Topliss-reactive ketones (excluding diaryl/α,β-unsaturated/α-hetero) is 1. The standard InChI is InChI=1S/C11H11FOS/c1-8(13)10-6-2-4-9(11(10)12)5-3-7-14/h2-6,14H,7H2,1H3. The maximum atomic E-state index is 13.5. The van der Waals surface area contributed by atoms with Gasteiger partial charge in [0.05, 0.1) is 5.56 Å². The van der Waals surface area contributed by atoms with Gasteiger partial charge in [0, 0.05) is 11.3 Å². The number of benzene rings is 1. The highest BCUT2D eigenvalue weighted by Gasteiger charge is 2.08. The molecule has 74 valence electrons. The maximum absolute atomic E-state index is 13.5. The summed E-state index contributed by atoms with van der Waals surface area (Å²) in [4.78, 5) is 11.0. The summed E-state index contributed by atoms with van der Waals surface area (Å²) in [5.41, 5.74) is 0.554. The molecule has 3 heteroatoms. The molecule has 0 aliphatic rings. The van der Waals surface area contributed by atoms with Gasteiger partial charge in [-0.15, -0.1) is 0 Å². The number of hydrogen-bond acceptors (Lipinski definition) is 2. The fourth-order valence-electron chi connectivity index (χ4n) is 1.13. The summed E-state index contributed by atoms with van der Waals surface area (Å²) in [6.07, 6.45) is 3.35. The van der Waals surface area contributed by atoms with Crippen molar-refractivity contribution >= 4 is 24.5 Å². The topological polar surface area (TPSA) is 17.1 Å². The molecule has 14 heavy (non-hydrogen) atoms. The molecule has 0 saturated carbocycles. The van der Waals surface area contributed by atoms with E-state index in [0.29, 0.717) is 11.3 Å². The molecule has 0 radical (unpaired) electrons. The van der Waals surface area contributed by atoms with Crippen molar-refractivity contribution in [2.24, 2.45) is 0 Å². The lowest BCUT2D eigenvalue weighted by Gasteiger charge is -2.01. The number of carbonyl (C=O) groups excluding carboxylic acids is 1. The summed E-state index contributed by atoms with van der Waals surface area (Å²) in [5.74, 6) is -0.175. The van der Waals surface area contributed by atoms with Crippen LogP contribution in [0.25, 0.3) is 6.08 Å². The summed E-state index contributed by atoms with van der Waals surface area (Å²) >= 11 is 3.98. The largest absolute Gasteiger partial charge is 0.294 e. The zero-order chi connectivity index (χ0) is 10.6. The van der Waals surface area contributed by atoms with Crippen LogP contribution in [0.2, 0.25) is 0 Å². The van der Waals surface area contributed by atoms with Gasteiger partial charge in [0.2, 0.25) is 0 Å². The van der Waals surface area contributed by atoms with Crippen LogP contribution in [0.5, 0.6) is 0 Å². The van der Waals surface area contributed by atoms with Crippen LogP contribution in [0.1, 0.15) is 22.8 Å². The number of carbonyl (C=O) groups is 1. The third kappa shape index (κ3) is 2.45. The molecule has 0 aromatic heterocycles. The van der Waals surface area contributed by atoms with E-state index in [1.54, 1.807) is 24.3 Å². The van der Waals surface area contributed by atoms with Gasteiger partial charge < -0.3 is 0 Å². The molecule has 0 unspecified atom stereocenters. The van der Waals surface area contributed by atoms with Crippen molar-refractivity contribution in [3.05, 3.63) is 41.2 Å². The minimum absolute atomic E-state index is 0.131.